The van der Waals surface area contributed by atoms with Crippen LogP contribution in [0.2, 0.25) is 0 Å². The first-order valence-corrected chi connectivity index (χ1v) is 12.8. The van der Waals surface area contributed by atoms with Crippen molar-refractivity contribution in [2.45, 2.75) is 12.7 Å². The van der Waals surface area contributed by atoms with Crippen LogP contribution in [-0.4, -0.2) is 45.9 Å². The summed E-state index contributed by atoms with van der Waals surface area (Å²) in [5.41, 5.74) is 9.04. The predicted molar refractivity (Wildman–Crippen MR) is 147 cm³/mol. The van der Waals surface area contributed by atoms with Gasteiger partial charge in [-0.25, -0.2) is 14.1 Å². The zero-order valence-electron chi connectivity index (χ0n) is 21.3. The Kier molecular flexibility index (Phi) is 6.49. The first-order valence-electron chi connectivity index (χ1n) is 12.8. The molecule has 0 amide bonds. The van der Waals surface area contributed by atoms with Gasteiger partial charge in [0.25, 0.3) is 0 Å². The molecule has 1 fully saturated rings. The van der Waals surface area contributed by atoms with Crippen molar-refractivity contribution >= 4 is 28.5 Å². The number of hydrogen-bond acceptors (Lipinski definition) is 6. The second-order valence-corrected chi connectivity index (χ2v) is 9.63. The number of alkyl halides is 3. The standard InChI is InChI=1S/C29H25F4N7/c30-22-11-9-20(10-12-22)25-24-26(34)40(18-19-5-2-1-3-6-19)37-27(24)36-28(35-25)39-15-13-38(14-16-39)23-8-4-7-21(17-23)29(31,32)33/h1-12,17H,13-16,18,34H2. The molecule has 0 atom stereocenters. The second-order valence-electron chi connectivity index (χ2n) is 9.63. The fourth-order valence-corrected chi connectivity index (χ4v) is 4.92. The molecule has 6 rings (SSSR count). The number of aromatic nitrogens is 4. The quantitative estimate of drug-likeness (QED) is 0.289. The van der Waals surface area contributed by atoms with Crippen LogP contribution in [0.3, 0.4) is 0 Å². The average molecular weight is 548 g/mol. The summed E-state index contributed by atoms with van der Waals surface area (Å²) in [5.74, 6) is 0.465. The van der Waals surface area contributed by atoms with Crippen LogP contribution in [0.25, 0.3) is 22.3 Å². The van der Waals surface area contributed by atoms with Crippen molar-refractivity contribution in [2.75, 3.05) is 41.7 Å². The molecule has 0 spiro atoms. The zero-order chi connectivity index (χ0) is 27.9. The maximum Gasteiger partial charge on any atom is 0.416 e. The number of fused-ring (bicyclic) bond motifs is 1. The molecule has 1 aliphatic rings. The highest BCUT2D eigenvalue weighted by atomic mass is 19.4. The summed E-state index contributed by atoms with van der Waals surface area (Å²) in [6, 6.07) is 21.1. The third kappa shape index (κ3) is 5.02. The zero-order valence-corrected chi connectivity index (χ0v) is 21.3. The van der Waals surface area contributed by atoms with Crippen LogP contribution in [0.5, 0.6) is 0 Å². The lowest BCUT2D eigenvalue weighted by Gasteiger charge is -2.36. The van der Waals surface area contributed by atoms with Gasteiger partial charge in [0.05, 0.1) is 23.2 Å². The van der Waals surface area contributed by atoms with Crippen molar-refractivity contribution in [3.63, 3.8) is 0 Å². The van der Waals surface area contributed by atoms with E-state index in [-0.39, 0.29) is 5.82 Å². The lowest BCUT2D eigenvalue weighted by molar-refractivity contribution is -0.137. The molecule has 1 aliphatic heterocycles. The van der Waals surface area contributed by atoms with Crippen molar-refractivity contribution in [2.24, 2.45) is 0 Å². The van der Waals surface area contributed by atoms with Crippen molar-refractivity contribution in [1.29, 1.82) is 0 Å². The van der Waals surface area contributed by atoms with E-state index >= 15 is 0 Å². The number of nitrogens with two attached hydrogens (primary N) is 1. The molecule has 0 bridgehead atoms. The first kappa shape index (κ1) is 25.6. The number of piperazine rings is 1. The lowest BCUT2D eigenvalue weighted by atomic mass is 10.1. The van der Waals surface area contributed by atoms with E-state index in [1.165, 1.54) is 24.3 Å². The molecule has 40 heavy (non-hydrogen) atoms. The van der Waals surface area contributed by atoms with E-state index in [1.54, 1.807) is 22.9 Å². The summed E-state index contributed by atoms with van der Waals surface area (Å²) in [6.45, 7) is 2.39. The normalized spacial score (nSPS) is 14.2. The Bertz CT molecular complexity index is 1640. The summed E-state index contributed by atoms with van der Waals surface area (Å²) in [7, 11) is 0. The van der Waals surface area contributed by atoms with Crippen LogP contribution in [0.4, 0.5) is 35.0 Å². The maximum absolute atomic E-state index is 13.7. The van der Waals surface area contributed by atoms with E-state index in [1.807, 2.05) is 40.1 Å². The molecule has 3 heterocycles. The molecule has 3 aromatic carbocycles. The van der Waals surface area contributed by atoms with E-state index in [9.17, 15) is 17.6 Å². The molecule has 2 N–H and O–H groups in total. The Hall–Kier alpha value is -4.67. The van der Waals surface area contributed by atoms with Gasteiger partial charge < -0.3 is 15.5 Å². The van der Waals surface area contributed by atoms with E-state index in [2.05, 4.69) is 5.10 Å². The van der Waals surface area contributed by atoms with Crippen molar-refractivity contribution in [3.8, 4) is 11.3 Å². The molecule has 11 heteroatoms. The third-order valence-electron chi connectivity index (χ3n) is 7.02. The average Bonchev–Trinajstić information content (AvgIpc) is 3.28. The van der Waals surface area contributed by atoms with E-state index in [4.69, 9.17) is 15.7 Å². The van der Waals surface area contributed by atoms with Gasteiger partial charge in [0.1, 0.15) is 11.6 Å². The molecule has 0 saturated carbocycles. The van der Waals surface area contributed by atoms with Gasteiger partial charge in [-0.2, -0.15) is 18.2 Å². The Morgan fingerprint density at radius 3 is 2.20 bits per heavy atom. The smallest absolute Gasteiger partial charge is 0.383 e. The molecule has 0 unspecified atom stereocenters. The van der Waals surface area contributed by atoms with Gasteiger partial charge in [-0.3, -0.25) is 0 Å². The number of nitrogens with zero attached hydrogens (tertiary/aromatic N) is 6. The van der Waals surface area contributed by atoms with E-state index in [0.29, 0.717) is 72.5 Å². The highest BCUT2D eigenvalue weighted by molar-refractivity contribution is 5.99. The van der Waals surface area contributed by atoms with Gasteiger partial charge in [0.2, 0.25) is 5.95 Å². The van der Waals surface area contributed by atoms with Crippen LogP contribution in [0.1, 0.15) is 11.1 Å². The molecular weight excluding hydrogens is 522 g/mol. The number of anilines is 3. The van der Waals surface area contributed by atoms with Gasteiger partial charge in [-0.1, -0.05) is 36.4 Å². The number of benzene rings is 3. The van der Waals surface area contributed by atoms with Crippen LogP contribution in [-0.2, 0) is 12.7 Å². The highest BCUT2D eigenvalue weighted by Crippen LogP contribution is 2.34. The molecule has 7 nitrogen and oxygen atoms in total. The highest BCUT2D eigenvalue weighted by Gasteiger charge is 2.31. The molecule has 204 valence electrons. The van der Waals surface area contributed by atoms with Crippen molar-refractivity contribution in [1.82, 2.24) is 19.7 Å². The third-order valence-corrected chi connectivity index (χ3v) is 7.02. The summed E-state index contributed by atoms with van der Waals surface area (Å²) in [5, 5.41) is 5.26. The number of nitrogen functional groups attached to an aromatic ring is 1. The van der Waals surface area contributed by atoms with Gasteiger partial charge in [0.15, 0.2) is 5.65 Å². The van der Waals surface area contributed by atoms with E-state index in [0.717, 1.165) is 11.6 Å². The topological polar surface area (TPSA) is 76.1 Å². The van der Waals surface area contributed by atoms with Gasteiger partial charge in [0, 0.05) is 37.4 Å². The minimum absolute atomic E-state index is 0.368. The van der Waals surface area contributed by atoms with Crippen molar-refractivity contribution in [3.05, 3.63) is 95.8 Å². The molecule has 1 saturated heterocycles. The van der Waals surface area contributed by atoms with Gasteiger partial charge in [-0.05, 0) is 48.0 Å². The SMILES string of the molecule is Nc1c2c(-c3ccc(F)cc3)nc(N3CCN(c4cccc(C(F)(F)F)c4)CC3)nc2nn1Cc1ccccc1. The largest absolute Gasteiger partial charge is 0.416 e. The van der Waals surface area contributed by atoms with Gasteiger partial charge >= 0.3 is 6.18 Å². The Morgan fingerprint density at radius 1 is 0.800 bits per heavy atom. The molecule has 0 radical (unpaired) electrons. The Labute approximate surface area is 227 Å². The molecule has 5 aromatic rings. The van der Waals surface area contributed by atoms with Crippen molar-refractivity contribution < 1.29 is 17.6 Å². The van der Waals surface area contributed by atoms with E-state index < -0.39 is 11.7 Å². The minimum atomic E-state index is -4.40. The Balaban J connectivity index is 1.33. The second kappa shape index (κ2) is 10.1. The van der Waals surface area contributed by atoms with Crippen LogP contribution >= 0.6 is 0 Å². The van der Waals surface area contributed by atoms with Crippen LogP contribution in [0, 0.1) is 5.82 Å². The number of halogens is 4. The van der Waals surface area contributed by atoms with Crippen LogP contribution < -0.4 is 15.5 Å². The maximum atomic E-state index is 13.7. The van der Waals surface area contributed by atoms with Crippen LogP contribution in [0.15, 0.2) is 78.9 Å². The summed E-state index contributed by atoms with van der Waals surface area (Å²) >= 11 is 0. The summed E-state index contributed by atoms with van der Waals surface area (Å²) in [4.78, 5) is 13.5. The monoisotopic (exact) mass is 547 g/mol. The fraction of sp³-hybridized carbons (Fsp3) is 0.207. The first-order chi connectivity index (χ1) is 19.3. The summed E-state index contributed by atoms with van der Waals surface area (Å²) in [6.07, 6.45) is -4.40. The Morgan fingerprint density at radius 2 is 1.50 bits per heavy atom. The minimum Gasteiger partial charge on any atom is -0.383 e. The molecular formula is C29H25F4N7. The number of rotatable bonds is 5. The predicted octanol–water partition coefficient (Wildman–Crippen LogP) is 5.61. The molecule has 0 aliphatic carbocycles. The molecule has 2 aromatic heterocycles. The van der Waals surface area contributed by atoms with Gasteiger partial charge in [-0.15, -0.1) is 5.10 Å². The lowest BCUT2D eigenvalue weighted by Crippen LogP contribution is -2.47. The number of hydrogen-bond donors (Lipinski definition) is 1. The summed E-state index contributed by atoms with van der Waals surface area (Å²) < 4.78 is 55.1. The fourth-order valence-electron chi connectivity index (χ4n) is 4.92.